The van der Waals surface area contributed by atoms with Crippen molar-refractivity contribution in [3.8, 4) is 0 Å². The molecule has 246 valence electrons. The van der Waals surface area contributed by atoms with Crippen LogP contribution in [-0.2, 0) is 28.8 Å². The molecular formula is C22H42N10O9S2. The number of hydrogen-bond acceptors (Lipinski definition) is 13. The number of nitrogens with two attached hydrogens (primary N) is 4. The average Bonchev–Trinajstić information content (AvgIpc) is 2.95. The highest BCUT2D eigenvalue weighted by Crippen LogP contribution is 2.02. The van der Waals surface area contributed by atoms with E-state index < -0.39 is 91.0 Å². The van der Waals surface area contributed by atoms with Crippen molar-refractivity contribution in [1.29, 1.82) is 0 Å². The monoisotopic (exact) mass is 654 g/mol. The van der Waals surface area contributed by atoms with E-state index in [9.17, 15) is 44.1 Å². The second-order valence-electron chi connectivity index (χ2n) is 9.16. The molecule has 19 nitrogen and oxygen atoms in total. The number of thiol groups is 2. The van der Waals surface area contributed by atoms with Crippen molar-refractivity contribution in [2.45, 2.75) is 62.1 Å². The molecule has 43 heavy (non-hydrogen) atoms. The lowest BCUT2D eigenvalue weighted by molar-refractivity contribution is -0.137. The standard InChI is InChI=1S/C22H42N10O9S2/c1-9(35)15(32-19(39)13(6-34)29-17(37)10(23)7-42)21(41)30-12(5-33)18(38)31-14(8-43)20(40)28-11(16(24)36)3-2-4-27-22(25)26/h9-15,33-35,42-43H,2-8,23H2,1H3,(H2,24,36)(H,28,40)(H,29,37)(H,30,41)(H,31,38)(H,32,39)(H4,25,26,27)/t9-,10+,11+,12+,13+,14+,15+/m1/s1. The predicted octanol–water partition coefficient (Wildman–Crippen LogP) is -7.50. The summed E-state index contributed by atoms with van der Waals surface area (Å²) in [6, 6.07) is -8.50. The predicted molar refractivity (Wildman–Crippen MR) is 160 cm³/mol. The first-order chi connectivity index (χ1) is 20.1. The van der Waals surface area contributed by atoms with Gasteiger partial charge in [-0.25, -0.2) is 0 Å². The Balaban J connectivity index is 5.40. The molecule has 21 heteroatoms. The fourth-order valence-electron chi connectivity index (χ4n) is 3.20. The lowest BCUT2D eigenvalue weighted by atomic mass is 10.1. The SMILES string of the molecule is C[C@@H](O)[C@H](NC(=O)[C@H](CO)NC(=O)[C@@H](N)CS)C(=O)N[C@@H](CO)C(=O)N[C@@H](CS)C(=O)N[C@@H](CCCN=C(N)N)C(N)=O. The van der Waals surface area contributed by atoms with Crippen molar-refractivity contribution in [1.82, 2.24) is 26.6 Å². The van der Waals surface area contributed by atoms with E-state index in [1.165, 1.54) is 0 Å². The summed E-state index contributed by atoms with van der Waals surface area (Å²) >= 11 is 7.88. The van der Waals surface area contributed by atoms with Crippen LogP contribution >= 0.6 is 25.3 Å². The van der Waals surface area contributed by atoms with Gasteiger partial charge in [0.05, 0.1) is 25.4 Å². The first-order valence-corrected chi connectivity index (χ1v) is 14.1. The molecular weight excluding hydrogens is 612 g/mol. The number of hydrogen-bond donors (Lipinski definition) is 14. The van der Waals surface area contributed by atoms with Crippen molar-refractivity contribution in [3.05, 3.63) is 0 Å². The van der Waals surface area contributed by atoms with Crippen molar-refractivity contribution >= 4 is 66.7 Å². The number of carbonyl (C=O) groups is 6. The van der Waals surface area contributed by atoms with E-state index in [0.29, 0.717) is 0 Å². The van der Waals surface area contributed by atoms with Crippen LogP contribution in [0.25, 0.3) is 0 Å². The molecule has 0 radical (unpaired) electrons. The van der Waals surface area contributed by atoms with Gasteiger partial charge in [-0.15, -0.1) is 0 Å². The Morgan fingerprint density at radius 1 is 0.721 bits per heavy atom. The molecule has 0 aliphatic heterocycles. The zero-order valence-corrected chi connectivity index (χ0v) is 25.2. The van der Waals surface area contributed by atoms with Crippen molar-refractivity contribution < 1.29 is 44.1 Å². The normalized spacial score (nSPS) is 15.7. The maximum Gasteiger partial charge on any atom is 0.245 e. The molecule has 0 spiro atoms. The Morgan fingerprint density at radius 3 is 1.63 bits per heavy atom. The van der Waals surface area contributed by atoms with E-state index >= 15 is 0 Å². The number of aliphatic imine (C=N–C) groups is 1. The van der Waals surface area contributed by atoms with Crippen LogP contribution in [0.1, 0.15) is 19.8 Å². The second kappa shape index (κ2) is 20.5. The van der Waals surface area contributed by atoms with Crippen LogP contribution in [0.3, 0.4) is 0 Å². The highest BCUT2D eigenvalue weighted by atomic mass is 32.1. The third-order valence-electron chi connectivity index (χ3n) is 5.65. The Labute approximate surface area is 258 Å². The number of amides is 6. The number of nitrogens with one attached hydrogen (secondary N) is 5. The van der Waals surface area contributed by atoms with Gasteiger partial charge in [0.1, 0.15) is 30.2 Å². The molecule has 0 rings (SSSR count). The lowest BCUT2D eigenvalue weighted by Crippen LogP contribution is -2.62. The molecule has 0 aromatic heterocycles. The van der Waals surface area contributed by atoms with Crippen LogP contribution in [0.15, 0.2) is 4.99 Å². The zero-order valence-electron chi connectivity index (χ0n) is 23.4. The molecule has 0 saturated heterocycles. The minimum Gasteiger partial charge on any atom is -0.394 e. The number of aliphatic hydroxyl groups is 3. The number of carbonyl (C=O) groups excluding carboxylic acids is 6. The van der Waals surface area contributed by atoms with E-state index in [0.717, 1.165) is 6.92 Å². The molecule has 0 bridgehead atoms. The first-order valence-electron chi connectivity index (χ1n) is 12.9. The summed E-state index contributed by atoms with van der Waals surface area (Å²) in [7, 11) is 0. The summed E-state index contributed by atoms with van der Waals surface area (Å²) in [6.45, 7) is -0.549. The average molecular weight is 655 g/mol. The molecule has 0 saturated carbocycles. The van der Waals surface area contributed by atoms with Crippen LogP contribution < -0.4 is 49.5 Å². The second-order valence-corrected chi connectivity index (χ2v) is 9.89. The zero-order chi connectivity index (χ0) is 33.3. The summed E-state index contributed by atoms with van der Waals surface area (Å²) in [5.41, 5.74) is 21.3. The van der Waals surface area contributed by atoms with Gasteiger partial charge in [-0.1, -0.05) is 0 Å². The van der Waals surface area contributed by atoms with Crippen LogP contribution in [-0.4, -0.2) is 130 Å². The fourth-order valence-corrected chi connectivity index (χ4v) is 3.62. The lowest BCUT2D eigenvalue weighted by Gasteiger charge is -2.27. The maximum atomic E-state index is 12.8. The highest BCUT2D eigenvalue weighted by molar-refractivity contribution is 7.80. The highest BCUT2D eigenvalue weighted by Gasteiger charge is 2.33. The van der Waals surface area contributed by atoms with Gasteiger partial charge in [-0.05, 0) is 19.8 Å². The molecule has 0 aromatic carbocycles. The van der Waals surface area contributed by atoms with Crippen LogP contribution in [0.5, 0.6) is 0 Å². The van der Waals surface area contributed by atoms with E-state index in [2.05, 4.69) is 56.8 Å². The van der Waals surface area contributed by atoms with Gasteiger partial charge < -0.3 is 64.8 Å². The largest absolute Gasteiger partial charge is 0.394 e. The Bertz CT molecular complexity index is 1000. The van der Waals surface area contributed by atoms with Gasteiger partial charge in [0.25, 0.3) is 0 Å². The van der Waals surface area contributed by atoms with Crippen molar-refractivity contribution in [3.63, 3.8) is 0 Å². The molecule has 0 fully saturated rings. The topological polar surface area (TPSA) is 340 Å². The van der Waals surface area contributed by atoms with Crippen LogP contribution in [0.4, 0.5) is 0 Å². The maximum absolute atomic E-state index is 12.8. The fraction of sp³-hybridized carbons (Fsp3) is 0.682. The molecule has 6 amide bonds. The smallest absolute Gasteiger partial charge is 0.245 e. The molecule has 0 aromatic rings. The minimum atomic E-state index is -1.71. The Hall–Kier alpha value is -3.37. The van der Waals surface area contributed by atoms with E-state index in [1.54, 1.807) is 0 Å². The van der Waals surface area contributed by atoms with Gasteiger partial charge in [0.15, 0.2) is 5.96 Å². The number of aliphatic hydroxyl groups excluding tert-OH is 3. The van der Waals surface area contributed by atoms with Crippen LogP contribution in [0.2, 0.25) is 0 Å². The molecule has 0 aliphatic rings. The molecule has 7 atom stereocenters. The molecule has 0 aliphatic carbocycles. The Morgan fingerprint density at radius 2 is 1.19 bits per heavy atom. The van der Waals surface area contributed by atoms with Gasteiger partial charge in [-0.3, -0.25) is 33.8 Å². The number of primary amides is 1. The third-order valence-corrected chi connectivity index (χ3v) is 6.41. The molecule has 0 heterocycles. The third kappa shape index (κ3) is 14.6. The Kier molecular flexibility index (Phi) is 18.9. The van der Waals surface area contributed by atoms with Gasteiger partial charge in [0, 0.05) is 18.1 Å². The van der Waals surface area contributed by atoms with E-state index in [1.807, 2.05) is 0 Å². The van der Waals surface area contributed by atoms with Crippen LogP contribution in [0, 0.1) is 0 Å². The summed E-state index contributed by atoms with van der Waals surface area (Å²) in [6.07, 6.45) is -1.18. The summed E-state index contributed by atoms with van der Waals surface area (Å²) in [4.78, 5) is 78.4. The van der Waals surface area contributed by atoms with Gasteiger partial charge in [0.2, 0.25) is 35.4 Å². The van der Waals surface area contributed by atoms with Crippen molar-refractivity contribution in [2.75, 3.05) is 31.3 Å². The van der Waals surface area contributed by atoms with Gasteiger partial charge in [-0.2, -0.15) is 25.3 Å². The number of guanidine groups is 1. The number of nitrogens with zero attached hydrogens (tertiary/aromatic N) is 1. The quantitative estimate of drug-likeness (QED) is 0.0252. The first kappa shape index (κ1) is 39.6. The summed E-state index contributed by atoms with van der Waals surface area (Å²) in [5, 5.41) is 40.4. The van der Waals surface area contributed by atoms with E-state index in [-0.39, 0.29) is 36.9 Å². The summed E-state index contributed by atoms with van der Waals surface area (Å²) < 4.78 is 0. The minimum absolute atomic E-state index is 0.0585. The molecule has 0 unspecified atom stereocenters. The number of rotatable bonds is 20. The van der Waals surface area contributed by atoms with E-state index in [4.69, 9.17) is 22.9 Å². The van der Waals surface area contributed by atoms with Crippen molar-refractivity contribution in [2.24, 2.45) is 27.9 Å². The van der Waals surface area contributed by atoms with Gasteiger partial charge >= 0.3 is 0 Å². The summed E-state index contributed by atoms with van der Waals surface area (Å²) in [5.74, 6) is -6.24. The molecule has 16 N–H and O–H groups in total.